The van der Waals surface area contributed by atoms with Gasteiger partial charge in [0.25, 0.3) is 0 Å². The minimum absolute atomic E-state index is 0.191. The Morgan fingerprint density at radius 3 is 2.54 bits per heavy atom. The number of aromatic nitrogens is 2. The van der Waals surface area contributed by atoms with Gasteiger partial charge in [0.1, 0.15) is 17.1 Å². The maximum atomic E-state index is 12.1. The summed E-state index contributed by atoms with van der Waals surface area (Å²) in [6.07, 6.45) is 1.30. The third-order valence-corrected chi connectivity index (χ3v) is 3.08. The first-order valence-corrected chi connectivity index (χ1v) is 7.84. The molecule has 0 spiro atoms. The van der Waals surface area contributed by atoms with Crippen LogP contribution in [0.5, 0.6) is 5.75 Å². The largest absolute Gasteiger partial charge is 0.494 e. The molecule has 1 heterocycles. The maximum Gasteiger partial charge on any atom is 0.358 e. The Balaban J connectivity index is 2.39. The third-order valence-electron chi connectivity index (χ3n) is 3.08. The smallest absolute Gasteiger partial charge is 0.358 e. The summed E-state index contributed by atoms with van der Waals surface area (Å²) in [6.45, 7) is 6.86. The normalized spacial score (nSPS) is 10.8. The van der Waals surface area contributed by atoms with Gasteiger partial charge in [0.2, 0.25) is 0 Å². The van der Waals surface area contributed by atoms with Gasteiger partial charge in [0.15, 0.2) is 12.1 Å². The molecule has 24 heavy (non-hydrogen) atoms. The number of nitrogens with zero attached hydrogens (tertiary/aromatic N) is 2. The van der Waals surface area contributed by atoms with Gasteiger partial charge in [0.05, 0.1) is 19.8 Å². The fourth-order valence-electron chi connectivity index (χ4n) is 2.05. The van der Waals surface area contributed by atoms with Crippen molar-refractivity contribution in [2.75, 3.05) is 19.8 Å². The van der Waals surface area contributed by atoms with Gasteiger partial charge in [-0.2, -0.15) is 5.10 Å². The van der Waals surface area contributed by atoms with E-state index in [1.54, 1.807) is 6.92 Å². The SMILES string of the molecule is CCO/C=N/c1c(-c2ccc(OCC)cc2)n[nH]c1C(=O)OCC. The second-order valence-electron chi connectivity index (χ2n) is 4.66. The molecule has 7 heteroatoms. The topological polar surface area (TPSA) is 85.8 Å². The molecule has 0 radical (unpaired) electrons. The Bertz CT molecular complexity index is 692. The Hall–Kier alpha value is -2.83. The lowest BCUT2D eigenvalue weighted by Crippen LogP contribution is -2.05. The van der Waals surface area contributed by atoms with Crippen LogP contribution in [-0.2, 0) is 9.47 Å². The lowest BCUT2D eigenvalue weighted by Gasteiger charge is -2.04. The van der Waals surface area contributed by atoms with Crippen molar-refractivity contribution in [1.29, 1.82) is 0 Å². The molecule has 2 rings (SSSR count). The third kappa shape index (κ3) is 4.13. The average molecular weight is 331 g/mol. The number of esters is 1. The van der Waals surface area contributed by atoms with E-state index in [-0.39, 0.29) is 12.3 Å². The predicted octanol–water partition coefficient (Wildman–Crippen LogP) is 3.35. The number of nitrogens with one attached hydrogen (secondary N) is 1. The highest BCUT2D eigenvalue weighted by molar-refractivity contribution is 5.97. The highest BCUT2D eigenvalue weighted by Crippen LogP contribution is 2.32. The molecular weight excluding hydrogens is 310 g/mol. The van der Waals surface area contributed by atoms with Crippen LogP contribution in [0.2, 0.25) is 0 Å². The summed E-state index contributed by atoms with van der Waals surface area (Å²) < 4.78 is 15.6. The van der Waals surface area contributed by atoms with Gasteiger partial charge in [-0.1, -0.05) is 0 Å². The molecule has 0 saturated heterocycles. The molecule has 0 aliphatic heterocycles. The minimum atomic E-state index is -0.508. The first kappa shape index (κ1) is 17.5. The number of benzene rings is 1. The van der Waals surface area contributed by atoms with Crippen LogP contribution in [0, 0.1) is 0 Å². The molecule has 2 aromatic rings. The molecule has 128 valence electrons. The van der Waals surface area contributed by atoms with Crippen molar-refractivity contribution in [2.45, 2.75) is 20.8 Å². The van der Waals surface area contributed by atoms with E-state index in [0.717, 1.165) is 11.3 Å². The standard InChI is InChI=1S/C17H21N3O4/c1-4-22-11-18-15-14(19-20-16(15)17(21)24-6-3)12-7-9-13(10-8-12)23-5-2/h7-11H,4-6H2,1-3H3,(H,19,20)/b18-11+. The lowest BCUT2D eigenvalue weighted by molar-refractivity contribution is 0.0520. The second-order valence-corrected chi connectivity index (χ2v) is 4.66. The van der Waals surface area contributed by atoms with E-state index in [0.29, 0.717) is 24.6 Å². The van der Waals surface area contributed by atoms with Crippen LogP contribution in [-0.4, -0.2) is 42.4 Å². The molecule has 1 aromatic heterocycles. The van der Waals surface area contributed by atoms with E-state index < -0.39 is 5.97 Å². The number of H-pyrrole nitrogens is 1. The van der Waals surface area contributed by atoms with E-state index in [9.17, 15) is 4.79 Å². The molecule has 7 nitrogen and oxygen atoms in total. The lowest BCUT2D eigenvalue weighted by atomic mass is 10.1. The number of hydrogen-bond donors (Lipinski definition) is 1. The molecule has 0 unspecified atom stereocenters. The van der Waals surface area contributed by atoms with Crippen LogP contribution in [0.3, 0.4) is 0 Å². The van der Waals surface area contributed by atoms with Crippen LogP contribution >= 0.6 is 0 Å². The van der Waals surface area contributed by atoms with E-state index in [2.05, 4.69) is 15.2 Å². The van der Waals surface area contributed by atoms with Crippen molar-refractivity contribution in [3.63, 3.8) is 0 Å². The zero-order chi connectivity index (χ0) is 17.4. The number of carbonyl (C=O) groups is 1. The van der Waals surface area contributed by atoms with Crippen molar-refractivity contribution in [1.82, 2.24) is 10.2 Å². The zero-order valence-electron chi connectivity index (χ0n) is 14.0. The summed E-state index contributed by atoms with van der Waals surface area (Å²) in [6, 6.07) is 7.40. The monoisotopic (exact) mass is 331 g/mol. The number of ether oxygens (including phenoxy) is 3. The van der Waals surface area contributed by atoms with E-state index >= 15 is 0 Å². The fraction of sp³-hybridized carbons (Fsp3) is 0.353. The van der Waals surface area contributed by atoms with Gasteiger partial charge < -0.3 is 14.2 Å². The Morgan fingerprint density at radius 2 is 1.92 bits per heavy atom. The summed E-state index contributed by atoms with van der Waals surface area (Å²) in [5, 5.41) is 6.91. The number of aliphatic imine (C=N–C) groups is 1. The van der Waals surface area contributed by atoms with Crippen LogP contribution in [0.4, 0.5) is 5.69 Å². The van der Waals surface area contributed by atoms with Crippen LogP contribution in [0.15, 0.2) is 29.3 Å². The second kappa shape index (κ2) is 8.71. The number of carbonyl (C=O) groups excluding carboxylic acids is 1. The highest BCUT2D eigenvalue weighted by Gasteiger charge is 2.21. The highest BCUT2D eigenvalue weighted by atomic mass is 16.5. The molecule has 0 atom stereocenters. The van der Waals surface area contributed by atoms with Gasteiger partial charge in [-0.3, -0.25) is 5.10 Å². The zero-order valence-corrected chi connectivity index (χ0v) is 14.0. The van der Waals surface area contributed by atoms with Gasteiger partial charge in [-0.15, -0.1) is 0 Å². The fourth-order valence-corrected chi connectivity index (χ4v) is 2.05. The summed E-state index contributed by atoms with van der Waals surface area (Å²) in [5.41, 5.74) is 1.91. The molecule has 1 N–H and O–H groups in total. The van der Waals surface area contributed by atoms with Crippen molar-refractivity contribution >= 4 is 18.1 Å². The van der Waals surface area contributed by atoms with Crippen LogP contribution < -0.4 is 4.74 Å². The Kier molecular flexibility index (Phi) is 6.36. The quantitative estimate of drug-likeness (QED) is 0.455. The predicted molar refractivity (Wildman–Crippen MR) is 90.9 cm³/mol. The van der Waals surface area contributed by atoms with E-state index in [1.807, 2.05) is 38.1 Å². The average Bonchev–Trinajstić information content (AvgIpc) is 3.00. The summed E-state index contributed by atoms with van der Waals surface area (Å²) in [5.74, 6) is 0.257. The molecule has 1 aromatic carbocycles. The molecule has 0 fully saturated rings. The van der Waals surface area contributed by atoms with Gasteiger partial charge in [0, 0.05) is 5.56 Å². The molecular formula is C17H21N3O4. The summed E-state index contributed by atoms with van der Waals surface area (Å²) in [7, 11) is 0. The first-order chi connectivity index (χ1) is 11.7. The van der Waals surface area contributed by atoms with E-state index in [1.165, 1.54) is 6.40 Å². The molecule has 0 aliphatic rings. The summed E-state index contributed by atoms with van der Waals surface area (Å²) >= 11 is 0. The van der Waals surface area contributed by atoms with Crippen molar-refractivity contribution in [2.24, 2.45) is 4.99 Å². The van der Waals surface area contributed by atoms with Gasteiger partial charge >= 0.3 is 5.97 Å². The number of aromatic amines is 1. The van der Waals surface area contributed by atoms with Crippen LogP contribution in [0.1, 0.15) is 31.3 Å². The van der Waals surface area contributed by atoms with Crippen LogP contribution in [0.25, 0.3) is 11.3 Å². The molecule has 0 amide bonds. The minimum Gasteiger partial charge on any atom is -0.494 e. The van der Waals surface area contributed by atoms with Crippen molar-refractivity contribution in [3.8, 4) is 17.0 Å². The maximum absolute atomic E-state index is 12.1. The number of rotatable bonds is 8. The van der Waals surface area contributed by atoms with Gasteiger partial charge in [-0.25, -0.2) is 9.79 Å². The summed E-state index contributed by atoms with van der Waals surface area (Å²) in [4.78, 5) is 16.3. The Morgan fingerprint density at radius 1 is 1.17 bits per heavy atom. The van der Waals surface area contributed by atoms with E-state index in [4.69, 9.17) is 14.2 Å². The first-order valence-electron chi connectivity index (χ1n) is 7.84. The van der Waals surface area contributed by atoms with Crippen molar-refractivity contribution < 1.29 is 19.0 Å². The Labute approximate surface area is 140 Å². The molecule has 0 saturated carbocycles. The molecule has 0 aliphatic carbocycles. The van der Waals surface area contributed by atoms with Crippen molar-refractivity contribution in [3.05, 3.63) is 30.0 Å². The number of hydrogen-bond acceptors (Lipinski definition) is 6. The van der Waals surface area contributed by atoms with Gasteiger partial charge in [-0.05, 0) is 45.0 Å². The molecule has 0 bridgehead atoms.